The maximum atomic E-state index is 13.0. The molecule has 1 aromatic rings. The Hall–Kier alpha value is -1.95. The second kappa shape index (κ2) is 9.94. The van der Waals surface area contributed by atoms with Gasteiger partial charge in [0, 0.05) is 26.1 Å². The van der Waals surface area contributed by atoms with Gasteiger partial charge in [-0.3, -0.25) is 9.59 Å². The summed E-state index contributed by atoms with van der Waals surface area (Å²) in [5.41, 5.74) is 0.769. The van der Waals surface area contributed by atoms with E-state index in [1.54, 1.807) is 19.1 Å². The molecule has 1 aromatic carbocycles. The number of hydrogen-bond donors (Lipinski definition) is 2. The van der Waals surface area contributed by atoms with Crippen LogP contribution in [-0.4, -0.2) is 41.0 Å². The number of amides is 2. The lowest BCUT2D eigenvalue weighted by Crippen LogP contribution is -2.47. The quantitative estimate of drug-likeness (QED) is 0.681. The van der Waals surface area contributed by atoms with Crippen LogP contribution in [0.4, 0.5) is 4.39 Å². The van der Waals surface area contributed by atoms with Crippen molar-refractivity contribution >= 4 is 11.8 Å². The molecule has 1 rings (SSSR count). The average molecular weight is 324 g/mol. The number of aliphatic hydroxyl groups is 1. The lowest BCUT2D eigenvalue weighted by molar-refractivity contribution is -0.140. The molecule has 5 nitrogen and oxygen atoms in total. The average Bonchev–Trinajstić information content (AvgIpc) is 2.54. The van der Waals surface area contributed by atoms with Crippen LogP contribution >= 0.6 is 0 Å². The Balaban J connectivity index is 2.80. The van der Waals surface area contributed by atoms with Gasteiger partial charge in [0.1, 0.15) is 11.9 Å². The monoisotopic (exact) mass is 324 g/mol. The first-order chi connectivity index (χ1) is 11.0. The van der Waals surface area contributed by atoms with Gasteiger partial charge in [0.05, 0.1) is 0 Å². The van der Waals surface area contributed by atoms with Gasteiger partial charge >= 0.3 is 0 Å². The van der Waals surface area contributed by atoms with E-state index in [4.69, 9.17) is 5.11 Å². The van der Waals surface area contributed by atoms with Gasteiger partial charge in [-0.1, -0.05) is 19.1 Å². The molecule has 128 valence electrons. The lowest BCUT2D eigenvalue weighted by Gasteiger charge is -2.28. The molecule has 0 saturated carbocycles. The van der Waals surface area contributed by atoms with Crippen molar-refractivity contribution in [3.63, 3.8) is 0 Å². The summed E-state index contributed by atoms with van der Waals surface area (Å²) >= 11 is 0. The number of benzene rings is 1. The van der Waals surface area contributed by atoms with E-state index >= 15 is 0 Å². The van der Waals surface area contributed by atoms with Crippen LogP contribution in [0.3, 0.4) is 0 Å². The van der Waals surface area contributed by atoms with Crippen molar-refractivity contribution in [3.8, 4) is 0 Å². The van der Waals surface area contributed by atoms with E-state index in [0.29, 0.717) is 25.8 Å². The predicted molar refractivity (Wildman–Crippen MR) is 86.0 cm³/mol. The van der Waals surface area contributed by atoms with Crippen molar-refractivity contribution in [3.05, 3.63) is 35.6 Å². The van der Waals surface area contributed by atoms with E-state index in [1.165, 1.54) is 17.0 Å². The molecule has 0 heterocycles. The second-order valence-electron chi connectivity index (χ2n) is 5.44. The summed E-state index contributed by atoms with van der Waals surface area (Å²) in [7, 11) is 0. The summed E-state index contributed by atoms with van der Waals surface area (Å²) in [5, 5.41) is 11.5. The Bertz CT molecular complexity index is 505. The number of nitrogens with zero attached hydrogens (tertiary/aromatic N) is 1. The summed E-state index contributed by atoms with van der Waals surface area (Å²) in [6.07, 6.45) is 1.52. The number of halogens is 1. The van der Waals surface area contributed by atoms with Crippen LogP contribution < -0.4 is 5.32 Å². The lowest BCUT2D eigenvalue weighted by atomic mass is 10.1. The van der Waals surface area contributed by atoms with E-state index in [0.717, 1.165) is 5.56 Å². The van der Waals surface area contributed by atoms with Crippen molar-refractivity contribution in [1.82, 2.24) is 10.2 Å². The highest BCUT2D eigenvalue weighted by Gasteiger charge is 2.25. The molecule has 0 aliphatic rings. The molecule has 0 spiro atoms. The van der Waals surface area contributed by atoms with Crippen LogP contribution in [0.5, 0.6) is 0 Å². The number of carbonyl (C=O) groups excluding carboxylic acids is 2. The summed E-state index contributed by atoms with van der Waals surface area (Å²) in [6, 6.07) is 5.27. The first kappa shape index (κ1) is 19.1. The molecule has 0 aliphatic carbocycles. The van der Waals surface area contributed by atoms with Gasteiger partial charge in [0.2, 0.25) is 11.8 Å². The maximum Gasteiger partial charge on any atom is 0.242 e. The van der Waals surface area contributed by atoms with Crippen LogP contribution in [-0.2, 0) is 16.1 Å². The molecule has 0 aliphatic heterocycles. The zero-order chi connectivity index (χ0) is 17.2. The zero-order valence-electron chi connectivity index (χ0n) is 13.7. The minimum Gasteiger partial charge on any atom is -0.396 e. The van der Waals surface area contributed by atoms with Crippen LogP contribution in [0.25, 0.3) is 0 Å². The fourth-order valence-electron chi connectivity index (χ4n) is 2.16. The fourth-order valence-corrected chi connectivity index (χ4v) is 2.16. The number of hydrogen-bond acceptors (Lipinski definition) is 3. The summed E-state index contributed by atoms with van der Waals surface area (Å²) < 4.78 is 13.0. The number of aliphatic hydroxyl groups excluding tert-OH is 1. The van der Waals surface area contributed by atoms with Gasteiger partial charge in [-0.25, -0.2) is 4.39 Å². The van der Waals surface area contributed by atoms with E-state index in [-0.39, 0.29) is 30.8 Å². The number of carbonyl (C=O) groups is 2. The minimum atomic E-state index is -0.627. The van der Waals surface area contributed by atoms with Gasteiger partial charge in [-0.2, -0.15) is 0 Å². The van der Waals surface area contributed by atoms with Gasteiger partial charge in [-0.15, -0.1) is 0 Å². The molecule has 0 aromatic heterocycles. The molecule has 2 N–H and O–H groups in total. The smallest absolute Gasteiger partial charge is 0.242 e. The molecule has 23 heavy (non-hydrogen) atoms. The van der Waals surface area contributed by atoms with Crippen LogP contribution in [0.2, 0.25) is 0 Å². The third-order valence-corrected chi connectivity index (χ3v) is 3.53. The maximum absolute atomic E-state index is 13.0. The first-order valence-corrected chi connectivity index (χ1v) is 7.92. The third-order valence-electron chi connectivity index (χ3n) is 3.53. The number of rotatable bonds is 9. The van der Waals surface area contributed by atoms with E-state index in [9.17, 15) is 14.0 Å². The Morgan fingerprint density at radius 1 is 1.30 bits per heavy atom. The largest absolute Gasteiger partial charge is 0.396 e. The Labute approximate surface area is 136 Å². The van der Waals surface area contributed by atoms with Crippen molar-refractivity contribution < 1.29 is 19.1 Å². The standard InChI is InChI=1S/C17H25FN2O3/c1-3-5-16(22)20(12-14-6-8-15(18)9-7-14)13(2)17(23)19-10-4-11-21/h6-9,13,21H,3-5,10-12H2,1-2H3,(H,19,23)/t13-/m0/s1. The highest BCUT2D eigenvalue weighted by Crippen LogP contribution is 2.12. The van der Waals surface area contributed by atoms with E-state index < -0.39 is 6.04 Å². The molecular formula is C17H25FN2O3. The third kappa shape index (κ3) is 6.36. The highest BCUT2D eigenvalue weighted by molar-refractivity contribution is 5.87. The Morgan fingerprint density at radius 2 is 1.96 bits per heavy atom. The Morgan fingerprint density at radius 3 is 2.52 bits per heavy atom. The molecule has 0 fully saturated rings. The van der Waals surface area contributed by atoms with Crippen molar-refractivity contribution in [2.24, 2.45) is 0 Å². The molecule has 6 heteroatoms. The molecule has 0 unspecified atom stereocenters. The fraction of sp³-hybridized carbons (Fsp3) is 0.529. The van der Waals surface area contributed by atoms with Gasteiger partial charge in [-0.05, 0) is 37.5 Å². The van der Waals surface area contributed by atoms with Crippen LogP contribution in [0.1, 0.15) is 38.7 Å². The predicted octanol–water partition coefficient (Wildman–Crippen LogP) is 1.84. The molecule has 0 radical (unpaired) electrons. The zero-order valence-corrected chi connectivity index (χ0v) is 13.7. The van der Waals surface area contributed by atoms with Crippen molar-refractivity contribution in [1.29, 1.82) is 0 Å². The van der Waals surface area contributed by atoms with Crippen molar-refractivity contribution in [2.45, 2.75) is 45.7 Å². The van der Waals surface area contributed by atoms with Gasteiger partial charge in [0.15, 0.2) is 0 Å². The molecule has 2 amide bonds. The Kier molecular flexibility index (Phi) is 8.26. The molecule has 1 atom stereocenters. The molecule has 0 bridgehead atoms. The molecule has 0 saturated heterocycles. The summed E-state index contributed by atoms with van der Waals surface area (Å²) in [4.78, 5) is 26.0. The highest BCUT2D eigenvalue weighted by atomic mass is 19.1. The summed E-state index contributed by atoms with van der Waals surface area (Å²) in [6.45, 7) is 4.20. The minimum absolute atomic E-state index is 0.00270. The molecular weight excluding hydrogens is 299 g/mol. The van der Waals surface area contributed by atoms with E-state index in [2.05, 4.69) is 5.32 Å². The second-order valence-corrected chi connectivity index (χ2v) is 5.44. The first-order valence-electron chi connectivity index (χ1n) is 7.92. The summed E-state index contributed by atoms with van der Waals surface area (Å²) in [5.74, 6) is -0.707. The van der Waals surface area contributed by atoms with Crippen LogP contribution in [0.15, 0.2) is 24.3 Å². The van der Waals surface area contributed by atoms with E-state index in [1.807, 2.05) is 6.92 Å². The van der Waals surface area contributed by atoms with Gasteiger partial charge in [0.25, 0.3) is 0 Å². The number of nitrogens with one attached hydrogen (secondary N) is 1. The topological polar surface area (TPSA) is 69.6 Å². The SMILES string of the molecule is CCCC(=O)N(Cc1ccc(F)cc1)[C@@H](C)C(=O)NCCCO. The van der Waals surface area contributed by atoms with Crippen molar-refractivity contribution in [2.75, 3.05) is 13.2 Å². The normalized spacial score (nSPS) is 11.8. The van der Waals surface area contributed by atoms with Crippen LogP contribution in [0, 0.1) is 5.82 Å². The van der Waals surface area contributed by atoms with Gasteiger partial charge < -0.3 is 15.3 Å².